The summed E-state index contributed by atoms with van der Waals surface area (Å²) in [6, 6.07) is 5.30. The highest BCUT2D eigenvalue weighted by molar-refractivity contribution is 6.74. The molecule has 1 aromatic rings. The van der Waals surface area contributed by atoms with Crippen LogP contribution in [0.2, 0.25) is 18.1 Å². The molecule has 1 heterocycles. The fraction of sp³-hybridized carbons (Fsp3) is 0.700. The molecule has 0 bridgehead atoms. The quantitative estimate of drug-likeness (QED) is 0.694. The molecular weight excluding hydrogens is 346 g/mol. The van der Waals surface area contributed by atoms with Gasteiger partial charge in [-0.2, -0.15) is 0 Å². The predicted octanol–water partition coefficient (Wildman–Crippen LogP) is 4.69. The summed E-state index contributed by atoms with van der Waals surface area (Å²) >= 11 is 0. The summed E-state index contributed by atoms with van der Waals surface area (Å²) in [5.41, 5.74) is 0.443. The molecule has 1 saturated heterocycles. The van der Waals surface area contributed by atoms with E-state index < -0.39 is 26.6 Å². The molecule has 146 valence electrons. The molecule has 0 amide bonds. The first kappa shape index (κ1) is 21.6. The Balaban J connectivity index is 2.03. The normalized spacial score (nSPS) is 19.8. The van der Waals surface area contributed by atoms with Crippen molar-refractivity contribution in [3.63, 3.8) is 0 Å². The van der Waals surface area contributed by atoms with Crippen molar-refractivity contribution in [1.29, 1.82) is 0 Å². The summed E-state index contributed by atoms with van der Waals surface area (Å²) in [5.74, 6) is -0.284. The Labute approximate surface area is 159 Å². The molecule has 6 heteroatoms. The molecule has 2 rings (SSSR count). The van der Waals surface area contributed by atoms with Crippen molar-refractivity contribution in [2.24, 2.45) is 0 Å². The van der Waals surface area contributed by atoms with Gasteiger partial charge in [0.2, 0.25) is 0 Å². The molecule has 3 nitrogen and oxygen atoms in total. The van der Waals surface area contributed by atoms with Gasteiger partial charge in [-0.25, -0.2) is 4.39 Å². The van der Waals surface area contributed by atoms with Gasteiger partial charge in [0.1, 0.15) is 5.82 Å². The Morgan fingerprint density at radius 2 is 1.62 bits per heavy atom. The third-order valence-corrected chi connectivity index (χ3v) is 10.8. The molecule has 26 heavy (non-hydrogen) atoms. The standard InChI is InChI=1S/C20H34BFO3Si/c1-18(2,3)26(8,9)23-13-12-15-10-11-16(17(22)14-15)21-24-19(4,5)20(6,7)25-21/h10-11,14H,12-13H2,1-9H3. The molecule has 0 radical (unpaired) electrons. The topological polar surface area (TPSA) is 27.7 Å². The van der Waals surface area contributed by atoms with Gasteiger partial charge in [0.15, 0.2) is 8.32 Å². The minimum absolute atomic E-state index is 0.179. The smallest absolute Gasteiger partial charge is 0.416 e. The summed E-state index contributed by atoms with van der Waals surface area (Å²) in [5, 5.41) is 0.179. The summed E-state index contributed by atoms with van der Waals surface area (Å²) in [6.07, 6.45) is 0.701. The first-order valence-corrected chi connectivity index (χ1v) is 12.3. The zero-order chi connectivity index (χ0) is 20.0. The molecule has 1 fully saturated rings. The second-order valence-electron chi connectivity index (χ2n) is 9.80. The van der Waals surface area contributed by atoms with Crippen molar-refractivity contribution in [2.45, 2.75) is 84.2 Å². The average molecular weight is 380 g/mol. The first-order valence-electron chi connectivity index (χ1n) is 9.44. The van der Waals surface area contributed by atoms with Crippen molar-refractivity contribution in [1.82, 2.24) is 0 Å². The van der Waals surface area contributed by atoms with Gasteiger partial charge < -0.3 is 13.7 Å². The van der Waals surface area contributed by atoms with Crippen molar-refractivity contribution in [3.05, 3.63) is 29.6 Å². The van der Waals surface area contributed by atoms with Gasteiger partial charge in [-0.15, -0.1) is 0 Å². The Hall–Kier alpha value is -0.688. The molecule has 0 atom stereocenters. The minimum Gasteiger partial charge on any atom is -0.416 e. The summed E-state index contributed by atoms with van der Waals surface area (Å²) in [6.45, 7) is 19.6. The van der Waals surface area contributed by atoms with Crippen LogP contribution < -0.4 is 5.46 Å². The third-order valence-electron chi connectivity index (χ3n) is 6.23. The molecule has 0 aliphatic carbocycles. The summed E-state index contributed by atoms with van der Waals surface area (Å²) in [7, 11) is -2.44. The lowest BCUT2D eigenvalue weighted by Crippen LogP contribution is -2.41. The Morgan fingerprint density at radius 1 is 1.08 bits per heavy atom. The van der Waals surface area contributed by atoms with Gasteiger partial charge >= 0.3 is 7.12 Å². The first-order chi connectivity index (χ1) is 11.7. The highest BCUT2D eigenvalue weighted by atomic mass is 28.4. The van der Waals surface area contributed by atoms with Crippen LogP contribution in [-0.2, 0) is 20.2 Å². The van der Waals surface area contributed by atoms with E-state index in [1.165, 1.54) is 0 Å². The van der Waals surface area contributed by atoms with Crippen LogP contribution in [-0.4, -0.2) is 33.2 Å². The maximum absolute atomic E-state index is 14.7. The van der Waals surface area contributed by atoms with Gasteiger partial charge in [0, 0.05) is 12.1 Å². The van der Waals surface area contributed by atoms with Crippen LogP contribution in [0.4, 0.5) is 4.39 Å². The lowest BCUT2D eigenvalue weighted by Gasteiger charge is -2.36. The second-order valence-corrected chi connectivity index (χ2v) is 14.6. The van der Waals surface area contributed by atoms with Crippen molar-refractivity contribution >= 4 is 20.9 Å². The number of hydrogen-bond acceptors (Lipinski definition) is 3. The Kier molecular flexibility index (Phi) is 5.85. The van der Waals surface area contributed by atoms with Crippen LogP contribution in [0, 0.1) is 5.82 Å². The van der Waals surface area contributed by atoms with E-state index >= 15 is 0 Å². The number of rotatable bonds is 5. The fourth-order valence-corrected chi connectivity index (χ4v) is 3.57. The van der Waals surface area contributed by atoms with Crippen LogP contribution in [0.5, 0.6) is 0 Å². The molecule has 0 saturated carbocycles. The maximum atomic E-state index is 14.7. The van der Waals surface area contributed by atoms with Crippen LogP contribution in [0.25, 0.3) is 0 Å². The van der Waals surface area contributed by atoms with Crippen LogP contribution in [0.3, 0.4) is 0 Å². The molecule has 0 N–H and O–H groups in total. The van der Waals surface area contributed by atoms with E-state index in [2.05, 4.69) is 33.9 Å². The van der Waals surface area contributed by atoms with E-state index in [-0.39, 0.29) is 10.9 Å². The van der Waals surface area contributed by atoms with Crippen LogP contribution >= 0.6 is 0 Å². The van der Waals surface area contributed by atoms with Crippen molar-refractivity contribution in [2.75, 3.05) is 6.61 Å². The average Bonchev–Trinajstić information content (AvgIpc) is 2.65. The van der Waals surface area contributed by atoms with Gasteiger partial charge in [0.25, 0.3) is 0 Å². The van der Waals surface area contributed by atoms with E-state index in [0.29, 0.717) is 18.5 Å². The van der Waals surface area contributed by atoms with E-state index in [9.17, 15) is 4.39 Å². The van der Waals surface area contributed by atoms with E-state index in [4.69, 9.17) is 13.7 Å². The fourth-order valence-electron chi connectivity index (χ4n) is 2.53. The third kappa shape index (κ3) is 4.41. The molecule has 1 aliphatic rings. The SMILES string of the molecule is CC1(C)OB(c2ccc(CCO[Si](C)(C)C(C)(C)C)cc2F)OC1(C)C. The molecular formula is C20H34BFO3Si. The molecule has 1 aliphatic heterocycles. The predicted molar refractivity (Wildman–Crippen MR) is 109 cm³/mol. The molecule has 0 spiro atoms. The second kappa shape index (κ2) is 7.04. The highest BCUT2D eigenvalue weighted by Gasteiger charge is 2.52. The number of hydrogen-bond donors (Lipinski definition) is 0. The minimum atomic E-state index is -1.77. The zero-order valence-corrected chi connectivity index (χ0v) is 18.8. The van der Waals surface area contributed by atoms with Crippen LogP contribution in [0.1, 0.15) is 54.0 Å². The van der Waals surface area contributed by atoms with Crippen molar-refractivity contribution in [3.8, 4) is 0 Å². The monoisotopic (exact) mass is 380 g/mol. The molecule has 1 aromatic carbocycles. The molecule has 0 aromatic heterocycles. The summed E-state index contributed by atoms with van der Waals surface area (Å²) < 4.78 is 32.8. The van der Waals surface area contributed by atoms with E-state index in [0.717, 1.165) is 5.56 Å². The van der Waals surface area contributed by atoms with Crippen molar-refractivity contribution < 1.29 is 18.1 Å². The molecule has 0 unspecified atom stereocenters. The maximum Gasteiger partial charge on any atom is 0.497 e. The van der Waals surface area contributed by atoms with Crippen LogP contribution in [0.15, 0.2) is 18.2 Å². The lowest BCUT2D eigenvalue weighted by atomic mass is 9.78. The van der Waals surface area contributed by atoms with E-state index in [1.807, 2.05) is 33.8 Å². The highest BCUT2D eigenvalue weighted by Crippen LogP contribution is 2.37. The lowest BCUT2D eigenvalue weighted by molar-refractivity contribution is 0.00578. The van der Waals surface area contributed by atoms with Gasteiger partial charge in [0.05, 0.1) is 11.2 Å². The largest absolute Gasteiger partial charge is 0.497 e. The van der Waals surface area contributed by atoms with Gasteiger partial charge in [-0.3, -0.25) is 0 Å². The number of halogens is 1. The summed E-state index contributed by atoms with van der Waals surface area (Å²) in [4.78, 5) is 0. The van der Waals surface area contributed by atoms with Gasteiger partial charge in [-0.1, -0.05) is 32.9 Å². The van der Waals surface area contributed by atoms with Gasteiger partial charge in [-0.05, 0) is 63.9 Å². The van der Waals surface area contributed by atoms with E-state index in [1.54, 1.807) is 12.1 Å². The Bertz CT molecular complexity index is 637. The Morgan fingerprint density at radius 3 is 2.08 bits per heavy atom. The number of benzene rings is 1. The zero-order valence-electron chi connectivity index (χ0n) is 17.8.